The number of allylic oxidation sites excluding steroid dienone is 13. The quantitative estimate of drug-likeness (QED) is 0.0204. The van der Waals surface area contributed by atoms with Gasteiger partial charge in [0.05, 0.1) is 32.0 Å². The van der Waals surface area contributed by atoms with Crippen molar-refractivity contribution < 1.29 is 64.6 Å². The normalized spacial score (nSPS) is 23.0. The molecule has 0 saturated carbocycles. The fourth-order valence-corrected chi connectivity index (χ4v) is 12.3. The SMILES string of the molecule is CC/C=C\C/C=C\C/C=C\C/C=C\C/C=C\C/C=C\CCCCCCCCCCCCCCCCCCC(=O)NC(COC1OC(CO)C(OC2OC(CO)C(O)C(O)C2O)C(O)C1O)C(O)/C=C/CCCCCCCCCCCCCCCCCCCCCCCC. The highest BCUT2D eigenvalue weighted by atomic mass is 16.7. The van der Waals surface area contributed by atoms with Crippen LogP contribution >= 0.6 is 0 Å². The van der Waals surface area contributed by atoms with Crippen molar-refractivity contribution in [3.8, 4) is 0 Å². The molecule has 9 N–H and O–H groups in total. The molecule has 2 aliphatic heterocycles. The molecule has 0 spiro atoms. The number of aliphatic hydroxyl groups excluding tert-OH is 8. The summed E-state index contributed by atoms with van der Waals surface area (Å²) in [7, 11) is 0. The van der Waals surface area contributed by atoms with Gasteiger partial charge < -0.3 is 65.1 Å². The third-order valence-electron chi connectivity index (χ3n) is 18.3. The first kappa shape index (κ1) is 86.3. The molecule has 2 heterocycles. The average molecular weight is 1310 g/mol. The van der Waals surface area contributed by atoms with Crippen LogP contribution in [0.1, 0.15) is 316 Å². The zero-order chi connectivity index (χ0) is 67.3. The van der Waals surface area contributed by atoms with Crippen LogP contribution in [0, 0.1) is 0 Å². The van der Waals surface area contributed by atoms with Crippen LogP contribution in [0.15, 0.2) is 85.1 Å². The maximum Gasteiger partial charge on any atom is 0.220 e. The van der Waals surface area contributed by atoms with Crippen LogP contribution in [0.5, 0.6) is 0 Å². The number of ether oxygens (including phenoxy) is 4. The average Bonchev–Trinajstić information content (AvgIpc) is 0.854. The minimum absolute atomic E-state index is 0.237. The van der Waals surface area contributed by atoms with E-state index < -0.39 is 86.8 Å². The van der Waals surface area contributed by atoms with Crippen molar-refractivity contribution in [2.75, 3.05) is 19.8 Å². The molecule has 2 aliphatic rings. The van der Waals surface area contributed by atoms with Crippen molar-refractivity contribution in [2.45, 2.75) is 389 Å². The Hall–Kier alpha value is -2.83. The molecule has 1 amide bonds. The second-order valence-electron chi connectivity index (χ2n) is 26.8. The van der Waals surface area contributed by atoms with E-state index in [1.807, 2.05) is 6.08 Å². The standard InChI is InChI=1S/C79H141NO13/c1-3-5-7-9-11-13-15-17-19-21-23-25-27-29-30-31-32-33-34-35-36-37-38-39-41-43-45-47-49-51-53-55-57-59-61-63-71(84)80-67(66-90-78-76(89)74(87)77(70(65-82)92-78)93-79-75(88)73(86)72(85)69(64-81)91-79)68(83)62-60-58-56-54-52-50-48-46-44-42-40-28-26-24-22-20-18-16-14-12-10-8-6-4-2/h5,7,11,13,17,19,23,25,29-30,32-33,60,62,67-70,72-79,81-83,85-89H,3-4,6,8-10,12,14-16,18,20-22,24,26-28,31,34-59,61,63-66H2,1-2H3,(H,80,84)/b7-5-,13-11-,19-17-,25-23-,30-29-,33-32-,62-60+. The van der Waals surface area contributed by atoms with E-state index in [1.54, 1.807) is 6.08 Å². The molecule has 2 rings (SSSR count). The predicted molar refractivity (Wildman–Crippen MR) is 383 cm³/mol. The van der Waals surface area contributed by atoms with Crippen LogP contribution in [0.2, 0.25) is 0 Å². The van der Waals surface area contributed by atoms with Gasteiger partial charge in [-0.25, -0.2) is 0 Å². The van der Waals surface area contributed by atoms with Gasteiger partial charge in [-0.1, -0.05) is 324 Å². The number of hydrogen-bond acceptors (Lipinski definition) is 13. The van der Waals surface area contributed by atoms with Crippen LogP contribution in [0.25, 0.3) is 0 Å². The number of hydrogen-bond donors (Lipinski definition) is 9. The zero-order valence-corrected chi connectivity index (χ0v) is 59.0. The molecule has 2 saturated heterocycles. The Morgan fingerprint density at radius 3 is 1.14 bits per heavy atom. The Balaban J connectivity index is 1.63. The smallest absolute Gasteiger partial charge is 0.220 e. The molecule has 0 radical (unpaired) electrons. The predicted octanol–water partition coefficient (Wildman–Crippen LogP) is 16.7. The van der Waals surface area contributed by atoms with E-state index in [0.29, 0.717) is 6.42 Å². The molecular weight excluding hydrogens is 1170 g/mol. The molecule has 14 nitrogen and oxygen atoms in total. The Labute approximate surface area is 567 Å². The number of aliphatic hydroxyl groups is 8. The first-order chi connectivity index (χ1) is 45.6. The summed E-state index contributed by atoms with van der Waals surface area (Å²) in [4.78, 5) is 13.4. The van der Waals surface area contributed by atoms with Crippen LogP contribution in [0.4, 0.5) is 0 Å². The summed E-state index contributed by atoms with van der Waals surface area (Å²) in [6.07, 6.45) is 70.7. The molecule has 14 heteroatoms. The lowest BCUT2D eigenvalue weighted by Gasteiger charge is -2.46. The Morgan fingerprint density at radius 2 is 0.742 bits per heavy atom. The Kier molecular flexibility index (Phi) is 58.1. The summed E-state index contributed by atoms with van der Waals surface area (Å²) < 4.78 is 22.9. The van der Waals surface area contributed by atoms with Gasteiger partial charge in [0.1, 0.15) is 48.8 Å². The molecule has 12 atom stereocenters. The lowest BCUT2D eigenvalue weighted by Crippen LogP contribution is -2.65. The van der Waals surface area contributed by atoms with E-state index in [1.165, 1.54) is 212 Å². The minimum atomic E-state index is -1.79. The second kappa shape index (κ2) is 62.7. The summed E-state index contributed by atoms with van der Waals surface area (Å²) in [5.74, 6) is -0.237. The molecule has 0 aromatic carbocycles. The third kappa shape index (κ3) is 46.1. The molecule has 12 unspecified atom stereocenters. The molecular formula is C79H141NO13. The van der Waals surface area contributed by atoms with Crippen molar-refractivity contribution >= 4 is 5.91 Å². The van der Waals surface area contributed by atoms with E-state index in [2.05, 4.69) is 92.1 Å². The third-order valence-corrected chi connectivity index (χ3v) is 18.3. The molecule has 2 fully saturated rings. The topological polar surface area (TPSA) is 228 Å². The first-order valence-corrected chi connectivity index (χ1v) is 38.3. The molecule has 0 aliphatic carbocycles. The maximum absolute atomic E-state index is 13.4. The summed E-state index contributed by atoms with van der Waals surface area (Å²) >= 11 is 0. The van der Waals surface area contributed by atoms with Gasteiger partial charge in [-0.2, -0.15) is 0 Å². The fourth-order valence-electron chi connectivity index (χ4n) is 12.3. The summed E-state index contributed by atoms with van der Waals surface area (Å²) in [6, 6.07) is -0.919. The van der Waals surface area contributed by atoms with Crippen molar-refractivity contribution in [1.29, 1.82) is 0 Å². The van der Waals surface area contributed by atoms with Gasteiger partial charge in [-0.05, 0) is 70.6 Å². The number of nitrogens with one attached hydrogen (secondary N) is 1. The van der Waals surface area contributed by atoms with Gasteiger partial charge in [0, 0.05) is 6.42 Å². The molecule has 0 aromatic heterocycles. The highest BCUT2D eigenvalue weighted by molar-refractivity contribution is 5.76. The lowest BCUT2D eigenvalue weighted by atomic mass is 9.97. The molecule has 93 heavy (non-hydrogen) atoms. The van der Waals surface area contributed by atoms with Crippen molar-refractivity contribution in [2.24, 2.45) is 0 Å². The van der Waals surface area contributed by atoms with Crippen LogP contribution < -0.4 is 5.32 Å². The van der Waals surface area contributed by atoms with E-state index in [-0.39, 0.29) is 18.9 Å². The summed E-state index contributed by atoms with van der Waals surface area (Å²) in [5, 5.41) is 87.6. The highest BCUT2D eigenvalue weighted by Crippen LogP contribution is 2.30. The molecule has 0 aromatic rings. The van der Waals surface area contributed by atoms with Crippen molar-refractivity contribution in [3.05, 3.63) is 85.1 Å². The van der Waals surface area contributed by atoms with Gasteiger partial charge in [0.15, 0.2) is 12.6 Å². The maximum atomic E-state index is 13.4. The monoisotopic (exact) mass is 1310 g/mol. The van der Waals surface area contributed by atoms with E-state index in [9.17, 15) is 45.6 Å². The van der Waals surface area contributed by atoms with Gasteiger partial charge >= 0.3 is 0 Å². The lowest BCUT2D eigenvalue weighted by molar-refractivity contribution is -0.359. The molecule has 0 bridgehead atoms. The van der Waals surface area contributed by atoms with Crippen LogP contribution in [-0.2, 0) is 23.7 Å². The number of rotatable bonds is 63. The van der Waals surface area contributed by atoms with Gasteiger partial charge in [-0.15, -0.1) is 0 Å². The Bertz CT molecular complexity index is 1890. The van der Waals surface area contributed by atoms with Crippen molar-refractivity contribution in [3.63, 3.8) is 0 Å². The largest absolute Gasteiger partial charge is 0.394 e. The number of unbranched alkanes of at least 4 members (excludes halogenated alkanes) is 38. The van der Waals surface area contributed by atoms with Gasteiger partial charge in [0.25, 0.3) is 0 Å². The zero-order valence-electron chi connectivity index (χ0n) is 59.0. The fraction of sp³-hybridized carbons (Fsp3) is 0.810. The highest BCUT2D eigenvalue weighted by Gasteiger charge is 2.51. The first-order valence-electron chi connectivity index (χ1n) is 38.3. The van der Waals surface area contributed by atoms with Gasteiger partial charge in [0.2, 0.25) is 5.91 Å². The van der Waals surface area contributed by atoms with Crippen molar-refractivity contribution in [1.82, 2.24) is 5.32 Å². The number of amides is 1. The summed E-state index contributed by atoms with van der Waals surface area (Å²) in [6.45, 7) is 2.73. The van der Waals surface area contributed by atoms with E-state index >= 15 is 0 Å². The van der Waals surface area contributed by atoms with E-state index in [0.717, 1.165) is 77.0 Å². The van der Waals surface area contributed by atoms with Crippen LogP contribution in [-0.4, -0.2) is 140 Å². The molecule has 540 valence electrons. The second-order valence-corrected chi connectivity index (χ2v) is 26.8. The number of carbonyl (C=O) groups excluding carboxylic acids is 1. The number of carbonyl (C=O) groups is 1. The summed E-state index contributed by atoms with van der Waals surface area (Å²) in [5.41, 5.74) is 0. The Morgan fingerprint density at radius 1 is 0.398 bits per heavy atom. The van der Waals surface area contributed by atoms with Crippen LogP contribution in [0.3, 0.4) is 0 Å². The van der Waals surface area contributed by atoms with Gasteiger partial charge in [-0.3, -0.25) is 4.79 Å². The minimum Gasteiger partial charge on any atom is -0.394 e. The van der Waals surface area contributed by atoms with E-state index in [4.69, 9.17) is 18.9 Å².